The fourth-order valence-corrected chi connectivity index (χ4v) is 6.18. The van der Waals surface area contributed by atoms with Crippen LogP contribution in [0.3, 0.4) is 0 Å². The van der Waals surface area contributed by atoms with Gasteiger partial charge in [0.05, 0.1) is 26.4 Å². The number of rotatable bonds is 8. The van der Waals surface area contributed by atoms with Crippen molar-refractivity contribution in [1.82, 2.24) is 10.6 Å². The Morgan fingerprint density at radius 1 is 0.585 bits per heavy atom. The van der Waals surface area contributed by atoms with Crippen LogP contribution in [0.25, 0.3) is 0 Å². The molecule has 2 aliphatic carbocycles. The Morgan fingerprint density at radius 3 is 1.22 bits per heavy atom. The van der Waals surface area contributed by atoms with Gasteiger partial charge < -0.3 is 39.1 Å². The van der Waals surface area contributed by atoms with Gasteiger partial charge in [0.1, 0.15) is 13.2 Å². The van der Waals surface area contributed by atoms with Crippen LogP contribution in [-0.4, -0.2) is 75.5 Å². The highest BCUT2D eigenvalue weighted by atomic mass is 16.7. The van der Waals surface area contributed by atoms with Gasteiger partial charge in [-0.3, -0.25) is 0 Å². The minimum absolute atomic E-state index is 0.177. The van der Waals surface area contributed by atoms with Gasteiger partial charge in [-0.2, -0.15) is 0 Å². The van der Waals surface area contributed by atoms with Crippen LogP contribution >= 0.6 is 0 Å². The third-order valence-corrected chi connectivity index (χ3v) is 9.18. The smallest absolute Gasteiger partial charge is 0.407 e. The Labute approximate surface area is 246 Å². The van der Waals surface area contributed by atoms with Gasteiger partial charge in [0.25, 0.3) is 0 Å². The molecule has 4 fully saturated rings. The molecule has 0 bridgehead atoms. The van der Waals surface area contributed by atoms with Crippen molar-refractivity contribution in [3.05, 3.63) is 0 Å². The highest BCUT2D eigenvalue weighted by molar-refractivity contribution is 5.68. The van der Waals surface area contributed by atoms with Crippen molar-refractivity contribution in [1.29, 1.82) is 0 Å². The Hall–Kier alpha value is -1.62. The number of carbonyl (C=O) groups is 2. The quantitative estimate of drug-likeness (QED) is 0.384. The molecular weight excluding hydrogens is 528 g/mol. The van der Waals surface area contributed by atoms with Crippen LogP contribution in [0.1, 0.15) is 99.3 Å². The predicted octanol–water partition coefficient (Wildman–Crippen LogP) is 5.52. The summed E-state index contributed by atoms with van der Waals surface area (Å²) < 4.78 is 34.0. The zero-order valence-electron chi connectivity index (χ0n) is 26.2. The summed E-state index contributed by atoms with van der Waals surface area (Å²) in [6.07, 6.45) is 9.04. The summed E-state index contributed by atoms with van der Waals surface area (Å²) in [5.41, 5.74) is -0.648. The number of hydrogen-bond donors (Lipinski definition) is 2. The largest absolute Gasteiger partial charge is 0.449 e. The molecule has 10 heteroatoms. The summed E-state index contributed by atoms with van der Waals surface area (Å²) in [6, 6.07) is 0.353. The van der Waals surface area contributed by atoms with Crippen LogP contribution in [0.4, 0.5) is 9.59 Å². The Bertz CT molecular complexity index is 787. The number of carbonyl (C=O) groups excluding carboxylic acids is 2. The monoisotopic (exact) mass is 582 g/mol. The lowest BCUT2D eigenvalue weighted by Gasteiger charge is -2.41. The van der Waals surface area contributed by atoms with Crippen molar-refractivity contribution in [3.63, 3.8) is 0 Å². The van der Waals surface area contributed by atoms with E-state index in [0.717, 1.165) is 51.4 Å². The van der Waals surface area contributed by atoms with E-state index in [-0.39, 0.29) is 48.3 Å². The van der Waals surface area contributed by atoms with Crippen LogP contribution < -0.4 is 10.6 Å². The molecule has 2 N–H and O–H groups in total. The molecule has 0 atom stereocenters. The van der Waals surface area contributed by atoms with Gasteiger partial charge in [0, 0.05) is 22.9 Å². The van der Waals surface area contributed by atoms with Gasteiger partial charge in [0.15, 0.2) is 11.6 Å². The number of alkyl carbamates (subject to hydrolysis) is 2. The summed E-state index contributed by atoms with van der Waals surface area (Å²) in [4.78, 5) is 24.8. The van der Waals surface area contributed by atoms with Gasteiger partial charge in [0.2, 0.25) is 0 Å². The Morgan fingerprint density at radius 2 is 0.902 bits per heavy atom. The van der Waals surface area contributed by atoms with E-state index in [9.17, 15) is 9.59 Å². The summed E-state index contributed by atoms with van der Waals surface area (Å²) >= 11 is 0. The van der Waals surface area contributed by atoms with E-state index in [4.69, 9.17) is 28.4 Å². The summed E-state index contributed by atoms with van der Waals surface area (Å²) in [6.45, 7) is 14.2. The third-order valence-electron chi connectivity index (χ3n) is 9.18. The molecule has 2 heterocycles. The second-order valence-electron chi connectivity index (χ2n) is 14.7. The number of hydrogen-bond acceptors (Lipinski definition) is 8. The zero-order chi connectivity index (χ0) is 29.7. The molecule has 0 spiro atoms. The van der Waals surface area contributed by atoms with Crippen molar-refractivity contribution in [3.8, 4) is 0 Å². The molecule has 41 heavy (non-hydrogen) atoms. The fraction of sp³-hybridized carbons (Fsp3) is 0.935. The highest BCUT2D eigenvalue weighted by Gasteiger charge is 2.39. The molecule has 0 radical (unpaired) electrons. The van der Waals surface area contributed by atoms with E-state index in [0.29, 0.717) is 38.3 Å². The molecule has 4 rings (SSSR count). The SMILES string of the molecule is CC1(COC(=O)NC2CCC(CC3CCC(NC(=O)OCC4(C)COC(C)(C)OC4)CC3)CC2)COC(C)(C)OC1. The molecule has 0 aromatic heterocycles. The first-order valence-electron chi connectivity index (χ1n) is 15.6. The molecule has 2 aliphatic heterocycles. The van der Waals surface area contributed by atoms with Crippen molar-refractivity contribution >= 4 is 12.2 Å². The lowest BCUT2D eigenvalue weighted by Crippen LogP contribution is -2.48. The minimum Gasteiger partial charge on any atom is -0.449 e. The van der Waals surface area contributed by atoms with Gasteiger partial charge in [-0.15, -0.1) is 0 Å². The van der Waals surface area contributed by atoms with E-state index >= 15 is 0 Å². The highest BCUT2D eigenvalue weighted by Crippen LogP contribution is 2.36. The second-order valence-corrected chi connectivity index (χ2v) is 14.7. The van der Waals surface area contributed by atoms with Crippen molar-refractivity contribution < 1.29 is 38.0 Å². The first-order valence-corrected chi connectivity index (χ1v) is 15.6. The second kappa shape index (κ2) is 13.3. The molecule has 2 saturated heterocycles. The maximum atomic E-state index is 12.4. The van der Waals surface area contributed by atoms with E-state index in [1.165, 1.54) is 6.42 Å². The normalized spacial score (nSPS) is 32.3. The van der Waals surface area contributed by atoms with Gasteiger partial charge in [-0.1, -0.05) is 13.8 Å². The van der Waals surface area contributed by atoms with Crippen LogP contribution in [0.5, 0.6) is 0 Å². The van der Waals surface area contributed by atoms with E-state index in [1.54, 1.807) is 0 Å². The van der Waals surface area contributed by atoms with Crippen molar-refractivity contribution in [2.45, 2.75) is 123 Å². The molecular formula is C31H54N2O8. The van der Waals surface area contributed by atoms with E-state index in [1.807, 2.05) is 41.5 Å². The molecule has 2 amide bonds. The fourth-order valence-electron chi connectivity index (χ4n) is 6.18. The molecule has 10 nitrogen and oxygen atoms in total. The van der Waals surface area contributed by atoms with Crippen LogP contribution in [0, 0.1) is 22.7 Å². The lowest BCUT2D eigenvalue weighted by molar-refractivity contribution is -0.286. The minimum atomic E-state index is -0.581. The first-order chi connectivity index (χ1) is 19.2. The standard InChI is InChI=1S/C31H54N2O8/c1-28(2)38-18-30(5,19-39-28)16-36-26(34)32-24-11-7-22(8-12-24)15-23-9-13-25(14-10-23)33-27(35)37-17-31(6)20-40-29(3,4)41-21-31/h22-25H,7-21H2,1-6H3,(H,32,34)(H,33,35). The topological polar surface area (TPSA) is 114 Å². The zero-order valence-corrected chi connectivity index (χ0v) is 26.2. The summed E-state index contributed by atoms with van der Waals surface area (Å²) in [5.74, 6) is 0.242. The molecule has 2 saturated carbocycles. The summed E-state index contributed by atoms with van der Waals surface area (Å²) in [5, 5.41) is 6.14. The maximum Gasteiger partial charge on any atom is 0.407 e. The average molecular weight is 583 g/mol. The first kappa shape index (κ1) is 32.3. The predicted molar refractivity (Wildman–Crippen MR) is 153 cm³/mol. The lowest BCUT2D eigenvalue weighted by atomic mass is 9.76. The number of nitrogens with one attached hydrogen (secondary N) is 2. The van der Waals surface area contributed by atoms with E-state index in [2.05, 4.69) is 10.6 Å². The van der Waals surface area contributed by atoms with Gasteiger partial charge in [-0.25, -0.2) is 9.59 Å². The molecule has 0 aromatic carbocycles. The van der Waals surface area contributed by atoms with Crippen molar-refractivity contribution in [2.24, 2.45) is 22.7 Å². The number of ether oxygens (including phenoxy) is 6. The van der Waals surface area contributed by atoms with Crippen LogP contribution in [0.15, 0.2) is 0 Å². The number of amides is 2. The van der Waals surface area contributed by atoms with Crippen LogP contribution in [-0.2, 0) is 28.4 Å². The van der Waals surface area contributed by atoms with E-state index < -0.39 is 11.6 Å². The maximum absolute atomic E-state index is 12.4. The van der Waals surface area contributed by atoms with Gasteiger partial charge in [-0.05, 0) is 97.3 Å². The average Bonchev–Trinajstić information content (AvgIpc) is 2.93. The third kappa shape index (κ3) is 10.3. The Balaban J connectivity index is 1.05. The van der Waals surface area contributed by atoms with Crippen LogP contribution in [0.2, 0.25) is 0 Å². The molecule has 236 valence electrons. The molecule has 0 unspecified atom stereocenters. The van der Waals surface area contributed by atoms with Gasteiger partial charge >= 0.3 is 12.2 Å². The molecule has 4 aliphatic rings. The molecule has 0 aromatic rings. The Kier molecular flexibility index (Phi) is 10.5. The van der Waals surface area contributed by atoms with Crippen molar-refractivity contribution in [2.75, 3.05) is 39.6 Å². The summed E-state index contributed by atoms with van der Waals surface area (Å²) in [7, 11) is 0.